The Morgan fingerprint density at radius 2 is 0.948 bits per heavy atom. The molecule has 0 saturated carbocycles. The van der Waals surface area contributed by atoms with E-state index in [0.717, 1.165) is 64.2 Å². The summed E-state index contributed by atoms with van der Waals surface area (Å²) < 4.78 is 22.7. The van der Waals surface area contributed by atoms with Crippen LogP contribution in [0.25, 0.3) is 0 Å². The average Bonchev–Trinajstić information content (AvgIpc) is 3.18. The van der Waals surface area contributed by atoms with Gasteiger partial charge in [-0.3, -0.25) is 9.59 Å². The van der Waals surface area contributed by atoms with Crippen LogP contribution in [-0.2, 0) is 33.3 Å². The number of carboxylic acids is 1. The standard InChI is InChI=1S/C49H89NO8/c1-6-8-10-12-14-16-18-20-22-23-24-25-26-28-29-31-33-35-37-39-46(51)56-43-45(44-57-49(48(53)54)55-42-41-50(3,4)5)58-47(52)40-38-36-34-32-30-27-21-19-17-15-13-11-9-7-2/h13,15,19-22,45,49H,6-12,14,16-18,23-44H2,1-5H3/p+1/b15-13-,21-19-,22-20-. The average molecular weight is 821 g/mol. The van der Waals surface area contributed by atoms with Crippen molar-refractivity contribution in [2.45, 2.75) is 212 Å². The predicted molar refractivity (Wildman–Crippen MR) is 240 cm³/mol. The maximum absolute atomic E-state index is 12.8. The van der Waals surface area contributed by atoms with Crippen LogP contribution >= 0.6 is 0 Å². The SMILES string of the molecule is CCCC/C=C\C/C=C\CCCCCCCC(=O)OC(COC(=O)CCCCCCCCCCC/C=C\CCCCCCCC)COC(OCC[N+](C)(C)C)C(=O)O. The fraction of sp³-hybridized carbons (Fsp3) is 0.816. The number of hydrogen-bond donors (Lipinski definition) is 1. The van der Waals surface area contributed by atoms with E-state index in [9.17, 15) is 19.5 Å². The largest absolute Gasteiger partial charge is 0.477 e. The van der Waals surface area contributed by atoms with Gasteiger partial charge in [0, 0.05) is 12.8 Å². The second kappa shape index (κ2) is 41.3. The van der Waals surface area contributed by atoms with Crippen molar-refractivity contribution < 1.29 is 42.9 Å². The van der Waals surface area contributed by atoms with Crippen LogP contribution in [0.3, 0.4) is 0 Å². The van der Waals surface area contributed by atoms with E-state index in [1.54, 1.807) is 0 Å². The van der Waals surface area contributed by atoms with Gasteiger partial charge in [-0.05, 0) is 64.2 Å². The van der Waals surface area contributed by atoms with Crippen LogP contribution in [-0.4, -0.2) is 87.4 Å². The van der Waals surface area contributed by atoms with Gasteiger partial charge in [-0.15, -0.1) is 0 Å². The van der Waals surface area contributed by atoms with Crippen LogP contribution in [0, 0.1) is 0 Å². The van der Waals surface area contributed by atoms with E-state index in [1.807, 2.05) is 21.1 Å². The Kier molecular flexibility index (Phi) is 39.5. The van der Waals surface area contributed by atoms with Crippen molar-refractivity contribution in [1.82, 2.24) is 0 Å². The molecule has 0 aliphatic carbocycles. The second-order valence-electron chi connectivity index (χ2n) is 17.1. The Morgan fingerprint density at radius 1 is 0.517 bits per heavy atom. The minimum absolute atomic E-state index is 0.184. The summed E-state index contributed by atoms with van der Waals surface area (Å²) in [5.41, 5.74) is 0. The predicted octanol–water partition coefficient (Wildman–Crippen LogP) is 12.6. The molecule has 338 valence electrons. The molecule has 0 bridgehead atoms. The lowest BCUT2D eigenvalue weighted by atomic mass is 10.1. The molecule has 0 aromatic rings. The molecule has 0 aromatic carbocycles. The van der Waals surface area contributed by atoms with Crippen LogP contribution in [0.15, 0.2) is 36.5 Å². The van der Waals surface area contributed by atoms with Crippen molar-refractivity contribution in [3.8, 4) is 0 Å². The molecule has 0 aromatic heterocycles. The highest BCUT2D eigenvalue weighted by Gasteiger charge is 2.25. The molecule has 0 saturated heterocycles. The number of rotatable bonds is 43. The van der Waals surface area contributed by atoms with Crippen LogP contribution in [0.4, 0.5) is 0 Å². The van der Waals surface area contributed by atoms with Gasteiger partial charge in [-0.1, -0.05) is 159 Å². The second-order valence-corrected chi connectivity index (χ2v) is 17.1. The van der Waals surface area contributed by atoms with Crippen LogP contribution < -0.4 is 0 Å². The molecule has 0 fully saturated rings. The maximum atomic E-state index is 12.8. The lowest BCUT2D eigenvalue weighted by molar-refractivity contribution is -0.870. The van der Waals surface area contributed by atoms with Crippen molar-refractivity contribution in [3.05, 3.63) is 36.5 Å². The number of carbonyl (C=O) groups excluding carboxylic acids is 2. The number of esters is 2. The van der Waals surface area contributed by atoms with Crippen LogP contribution in [0.5, 0.6) is 0 Å². The normalized spacial score (nSPS) is 13.2. The topological polar surface area (TPSA) is 108 Å². The van der Waals surface area contributed by atoms with Crippen molar-refractivity contribution >= 4 is 17.9 Å². The van der Waals surface area contributed by atoms with E-state index in [-0.39, 0.29) is 32.2 Å². The number of nitrogens with zero attached hydrogens (tertiary/aromatic N) is 1. The number of unbranched alkanes of at least 4 members (excludes halogenated alkanes) is 22. The molecule has 0 radical (unpaired) electrons. The van der Waals surface area contributed by atoms with Gasteiger partial charge >= 0.3 is 17.9 Å². The van der Waals surface area contributed by atoms with Gasteiger partial charge in [0.1, 0.15) is 13.2 Å². The summed E-state index contributed by atoms with van der Waals surface area (Å²) in [5.74, 6) is -2.03. The summed E-state index contributed by atoms with van der Waals surface area (Å²) in [6.07, 6.45) is 43.4. The summed E-state index contributed by atoms with van der Waals surface area (Å²) in [6.45, 7) is 4.81. The number of ether oxygens (including phenoxy) is 4. The van der Waals surface area contributed by atoms with Crippen molar-refractivity contribution in [1.29, 1.82) is 0 Å². The van der Waals surface area contributed by atoms with E-state index in [1.165, 1.54) is 103 Å². The van der Waals surface area contributed by atoms with Crippen LogP contribution in [0.1, 0.15) is 200 Å². The Labute approximate surface area is 356 Å². The zero-order valence-corrected chi connectivity index (χ0v) is 38.2. The van der Waals surface area contributed by atoms with Crippen LogP contribution in [0.2, 0.25) is 0 Å². The number of carboxylic acid groups (broad SMARTS) is 1. The van der Waals surface area contributed by atoms with Crippen molar-refractivity contribution in [3.63, 3.8) is 0 Å². The molecule has 0 amide bonds. The summed E-state index contributed by atoms with van der Waals surface area (Å²) in [6, 6.07) is 0. The first-order valence-electron chi connectivity index (χ1n) is 23.7. The number of carbonyl (C=O) groups is 3. The third-order valence-electron chi connectivity index (χ3n) is 10.1. The highest BCUT2D eigenvalue weighted by molar-refractivity contribution is 5.71. The molecule has 0 rings (SSSR count). The highest BCUT2D eigenvalue weighted by atomic mass is 16.7. The molecular formula is C49H90NO8+. The quantitative estimate of drug-likeness (QED) is 0.0213. The third-order valence-corrected chi connectivity index (χ3v) is 10.1. The molecule has 0 aliphatic rings. The summed E-state index contributed by atoms with van der Waals surface area (Å²) in [4.78, 5) is 37.1. The number of hydrogen-bond acceptors (Lipinski definition) is 7. The number of aliphatic carboxylic acids is 1. The first-order valence-corrected chi connectivity index (χ1v) is 23.7. The minimum atomic E-state index is -1.51. The molecule has 2 atom stereocenters. The van der Waals surface area contributed by atoms with Gasteiger partial charge in [0.25, 0.3) is 6.29 Å². The first-order chi connectivity index (χ1) is 28.1. The molecule has 2 unspecified atom stereocenters. The molecule has 58 heavy (non-hydrogen) atoms. The van der Waals surface area contributed by atoms with E-state index >= 15 is 0 Å². The Morgan fingerprint density at radius 3 is 1.43 bits per heavy atom. The molecule has 0 heterocycles. The summed E-state index contributed by atoms with van der Waals surface area (Å²) in [5, 5.41) is 9.64. The lowest BCUT2D eigenvalue weighted by Gasteiger charge is -2.25. The van der Waals surface area contributed by atoms with Gasteiger partial charge < -0.3 is 28.5 Å². The first kappa shape index (κ1) is 55.5. The smallest absolute Gasteiger partial charge is 0.361 e. The van der Waals surface area contributed by atoms with E-state index < -0.39 is 24.3 Å². The molecule has 9 heteroatoms. The van der Waals surface area contributed by atoms with Crippen molar-refractivity contribution in [2.24, 2.45) is 0 Å². The minimum Gasteiger partial charge on any atom is -0.477 e. The number of quaternary nitrogens is 1. The number of allylic oxidation sites excluding steroid dienone is 6. The van der Waals surface area contributed by atoms with Gasteiger partial charge in [-0.2, -0.15) is 0 Å². The zero-order valence-electron chi connectivity index (χ0n) is 38.2. The van der Waals surface area contributed by atoms with E-state index in [0.29, 0.717) is 23.9 Å². The molecular weight excluding hydrogens is 731 g/mol. The van der Waals surface area contributed by atoms with Crippen molar-refractivity contribution in [2.75, 3.05) is 47.5 Å². The Balaban J connectivity index is 4.39. The molecule has 1 N–H and O–H groups in total. The van der Waals surface area contributed by atoms with Gasteiger partial charge in [0.05, 0.1) is 34.4 Å². The monoisotopic (exact) mass is 821 g/mol. The molecule has 9 nitrogen and oxygen atoms in total. The van der Waals surface area contributed by atoms with E-state index in [4.69, 9.17) is 18.9 Å². The third kappa shape index (κ3) is 41.7. The molecule has 0 aliphatic heterocycles. The Bertz CT molecular complexity index is 1050. The van der Waals surface area contributed by atoms with E-state index in [2.05, 4.69) is 50.3 Å². The highest BCUT2D eigenvalue weighted by Crippen LogP contribution is 2.14. The Hall–Kier alpha value is -2.49. The maximum Gasteiger partial charge on any atom is 0.361 e. The molecule has 0 spiro atoms. The fourth-order valence-corrected chi connectivity index (χ4v) is 6.38. The number of likely N-dealkylation sites (N-methyl/N-ethyl adjacent to an activating group) is 1. The van der Waals surface area contributed by atoms with Gasteiger partial charge in [-0.25, -0.2) is 4.79 Å². The fourth-order valence-electron chi connectivity index (χ4n) is 6.38. The summed E-state index contributed by atoms with van der Waals surface area (Å²) in [7, 11) is 5.95. The lowest BCUT2D eigenvalue weighted by Crippen LogP contribution is -2.40. The zero-order chi connectivity index (χ0) is 42.8. The summed E-state index contributed by atoms with van der Waals surface area (Å²) >= 11 is 0. The van der Waals surface area contributed by atoms with Gasteiger partial charge in [0.2, 0.25) is 0 Å². The van der Waals surface area contributed by atoms with Gasteiger partial charge in [0.15, 0.2) is 6.10 Å².